The van der Waals surface area contributed by atoms with Gasteiger partial charge in [0.15, 0.2) is 15.6 Å². The number of hydrogen-bond acceptors (Lipinski definition) is 6. The molecule has 0 saturated heterocycles. The highest BCUT2D eigenvalue weighted by Gasteiger charge is 2.26. The Morgan fingerprint density at radius 3 is 2.35 bits per heavy atom. The maximum Gasteiger partial charge on any atom is 0.306 e. The molecule has 1 unspecified atom stereocenters. The maximum absolute atomic E-state index is 12.2. The van der Waals surface area contributed by atoms with Crippen molar-refractivity contribution < 1.29 is 21.0 Å². The monoisotopic (exact) mass is 395 g/mol. The summed E-state index contributed by atoms with van der Waals surface area (Å²) in [5.74, 6) is -0.166. The Labute approximate surface area is 154 Å². The maximum atomic E-state index is 12.2. The summed E-state index contributed by atoms with van der Waals surface area (Å²) in [6.45, 7) is 1.39. The topological polar surface area (TPSA) is 89.5 Å². The first-order valence-corrected chi connectivity index (χ1v) is 11.9. The number of nitrogens with one attached hydrogen (secondary N) is 1. The van der Waals surface area contributed by atoms with Crippen LogP contribution in [-0.2, 0) is 26.4 Å². The van der Waals surface area contributed by atoms with Gasteiger partial charge in [0.2, 0.25) is 0 Å². The van der Waals surface area contributed by atoms with Crippen molar-refractivity contribution in [3.63, 3.8) is 0 Å². The summed E-state index contributed by atoms with van der Waals surface area (Å²) in [6, 6.07) is 12.9. The molecule has 8 heteroatoms. The Bertz CT molecular complexity index is 1020. The average molecular weight is 396 g/mol. The minimum absolute atomic E-state index is 0.0239. The van der Waals surface area contributed by atoms with Crippen LogP contribution in [0.15, 0.2) is 47.4 Å². The Hall–Kier alpha value is -1.90. The fourth-order valence-corrected chi connectivity index (χ4v) is 4.58. The highest BCUT2D eigenvalue weighted by atomic mass is 32.2. The van der Waals surface area contributed by atoms with Crippen LogP contribution in [0.4, 0.5) is 0 Å². The quantitative estimate of drug-likeness (QED) is 0.793. The molecule has 1 atom stereocenters. The molecule has 1 heterocycles. The van der Waals surface area contributed by atoms with Crippen molar-refractivity contribution in [3.8, 4) is 5.75 Å². The molecule has 6 nitrogen and oxygen atoms in total. The summed E-state index contributed by atoms with van der Waals surface area (Å²) < 4.78 is 52.6. The van der Waals surface area contributed by atoms with Gasteiger partial charge in [-0.15, -0.1) is 0 Å². The molecule has 0 aliphatic carbocycles. The van der Waals surface area contributed by atoms with Crippen LogP contribution in [0.3, 0.4) is 0 Å². The number of rotatable bonds is 4. The van der Waals surface area contributed by atoms with E-state index in [4.69, 9.17) is 4.18 Å². The van der Waals surface area contributed by atoms with Gasteiger partial charge in [-0.05, 0) is 41.8 Å². The second-order valence-electron chi connectivity index (χ2n) is 6.47. The third-order valence-corrected chi connectivity index (χ3v) is 5.94. The molecule has 0 bridgehead atoms. The molecule has 2 aromatic carbocycles. The molecule has 140 valence electrons. The van der Waals surface area contributed by atoms with Crippen molar-refractivity contribution >= 4 is 20.0 Å². The largest absolute Gasteiger partial charge is 0.381 e. The minimum atomic E-state index is -3.86. The SMILES string of the molecule is CS(=O)(=O)Oc1cc2c(cc1S(C)(=O)=O)CCNCC2c1ccccc1. The van der Waals surface area contributed by atoms with Crippen LogP contribution in [0, 0.1) is 0 Å². The van der Waals surface area contributed by atoms with E-state index in [0.29, 0.717) is 19.5 Å². The van der Waals surface area contributed by atoms with Crippen LogP contribution in [0.1, 0.15) is 22.6 Å². The fourth-order valence-electron chi connectivity index (χ4n) is 3.24. The third kappa shape index (κ3) is 4.25. The molecule has 0 saturated carbocycles. The fraction of sp³-hybridized carbons (Fsp3) is 0.333. The summed E-state index contributed by atoms with van der Waals surface area (Å²) in [5, 5.41) is 3.36. The van der Waals surface area contributed by atoms with Gasteiger partial charge in [-0.3, -0.25) is 0 Å². The molecule has 3 rings (SSSR count). The average Bonchev–Trinajstić information content (AvgIpc) is 2.74. The Morgan fingerprint density at radius 2 is 1.73 bits per heavy atom. The molecular weight excluding hydrogens is 374 g/mol. The highest BCUT2D eigenvalue weighted by Crippen LogP contribution is 2.36. The standard InChI is InChI=1S/C18H21NO5S2/c1-25(20,21)18-10-14-8-9-19-12-16(13-6-4-3-5-7-13)15(14)11-17(18)24-26(2,22)23/h3-7,10-11,16,19H,8-9,12H2,1-2H3. The van der Waals surface area contributed by atoms with Crippen LogP contribution in [0.2, 0.25) is 0 Å². The zero-order valence-electron chi connectivity index (χ0n) is 14.6. The van der Waals surface area contributed by atoms with Crippen LogP contribution in [0.25, 0.3) is 0 Å². The molecule has 0 spiro atoms. The van der Waals surface area contributed by atoms with Crippen molar-refractivity contribution in [1.82, 2.24) is 5.32 Å². The highest BCUT2D eigenvalue weighted by molar-refractivity contribution is 7.91. The summed E-state index contributed by atoms with van der Waals surface area (Å²) in [5.41, 5.74) is 2.83. The molecular formula is C18H21NO5S2. The first-order chi connectivity index (χ1) is 12.1. The molecule has 0 radical (unpaired) electrons. The van der Waals surface area contributed by atoms with Gasteiger partial charge in [-0.25, -0.2) is 8.42 Å². The lowest BCUT2D eigenvalue weighted by Gasteiger charge is -2.20. The zero-order chi connectivity index (χ0) is 18.9. The van der Waals surface area contributed by atoms with Crippen LogP contribution in [-0.4, -0.2) is 42.4 Å². The van der Waals surface area contributed by atoms with Gasteiger partial charge < -0.3 is 9.50 Å². The number of fused-ring (bicyclic) bond motifs is 1. The molecule has 26 heavy (non-hydrogen) atoms. The molecule has 1 aliphatic heterocycles. The molecule has 0 aromatic heterocycles. The van der Waals surface area contributed by atoms with E-state index in [1.165, 1.54) is 0 Å². The molecule has 2 aromatic rings. The zero-order valence-corrected chi connectivity index (χ0v) is 16.2. The summed E-state index contributed by atoms with van der Waals surface area (Å²) >= 11 is 0. The van der Waals surface area contributed by atoms with Crippen molar-refractivity contribution in [2.75, 3.05) is 25.6 Å². The van der Waals surface area contributed by atoms with Gasteiger partial charge in [-0.2, -0.15) is 8.42 Å². The van der Waals surface area contributed by atoms with Gasteiger partial charge in [0, 0.05) is 18.7 Å². The van der Waals surface area contributed by atoms with E-state index in [-0.39, 0.29) is 16.6 Å². The van der Waals surface area contributed by atoms with E-state index in [2.05, 4.69) is 5.32 Å². The van der Waals surface area contributed by atoms with E-state index < -0.39 is 20.0 Å². The van der Waals surface area contributed by atoms with Crippen molar-refractivity contribution in [3.05, 3.63) is 59.2 Å². The Balaban J connectivity index is 2.22. The van der Waals surface area contributed by atoms with Crippen molar-refractivity contribution in [1.29, 1.82) is 0 Å². The van der Waals surface area contributed by atoms with E-state index in [1.54, 1.807) is 12.1 Å². The predicted octanol–water partition coefficient (Wildman–Crippen LogP) is 1.71. The lowest BCUT2D eigenvalue weighted by Crippen LogP contribution is -2.20. The number of hydrogen-bond donors (Lipinski definition) is 1. The normalized spacial score (nSPS) is 18.0. The van der Waals surface area contributed by atoms with Gasteiger partial charge in [-0.1, -0.05) is 30.3 Å². The lowest BCUT2D eigenvalue weighted by molar-refractivity contribution is 0.484. The first-order valence-electron chi connectivity index (χ1n) is 8.17. The van der Waals surface area contributed by atoms with Crippen molar-refractivity contribution in [2.45, 2.75) is 17.2 Å². The van der Waals surface area contributed by atoms with Gasteiger partial charge in [0.05, 0.1) is 6.26 Å². The van der Waals surface area contributed by atoms with Crippen molar-refractivity contribution in [2.24, 2.45) is 0 Å². The minimum Gasteiger partial charge on any atom is -0.381 e. The molecule has 0 fully saturated rings. The Morgan fingerprint density at radius 1 is 1.04 bits per heavy atom. The third-order valence-electron chi connectivity index (χ3n) is 4.34. The van der Waals surface area contributed by atoms with E-state index >= 15 is 0 Å². The summed E-state index contributed by atoms with van der Waals surface area (Å²) in [6.07, 6.45) is 2.61. The van der Waals surface area contributed by atoms with Gasteiger partial charge in [0.1, 0.15) is 4.90 Å². The van der Waals surface area contributed by atoms with E-state index in [1.807, 2.05) is 30.3 Å². The summed E-state index contributed by atoms with van der Waals surface area (Å²) in [7, 11) is -7.50. The van der Waals surface area contributed by atoms with E-state index in [0.717, 1.165) is 29.2 Å². The lowest BCUT2D eigenvalue weighted by atomic mass is 9.88. The molecule has 1 N–H and O–H groups in total. The number of sulfone groups is 1. The van der Waals surface area contributed by atoms with Crippen LogP contribution < -0.4 is 9.50 Å². The predicted molar refractivity (Wildman–Crippen MR) is 99.9 cm³/mol. The molecule has 1 aliphatic rings. The van der Waals surface area contributed by atoms with Gasteiger partial charge >= 0.3 is 10.1 Å². The smallest absolute Gasteiger partial charge is 0.306 e. The van der Waals surface area contributed by atoms with Crippen LogP contribution >= 0.6 is 0 Å². The number of benzene rings is 2. The van der Waals surface area contributed by atoms with Gasteiger partial charge in [0.25, 0.3) is 0 Å². The first kappa shape index (κ1) is 18.9. The second-order valence-corrected chi connectivity index (χ2v) is 10.0. The summed E-state index contributed by atoms with van der Waals surface area (Å²) in [4.78, 5) is -0.101. The van der Waals surface area contributed by atoms with Crippen LogP contribution in [0.5, 0.6) is 5.75 Å². The second kappa shape index (κ2) is 7.02. The van der Waals surface area contributed by atoms with E-state index in [9.17, 15) is 16.8 Å². The Kier molecular flexibility index (Phi) is 5.09. The molecule has 0 amide bonds.